The number of carbonyl (C=O) groups is 1. The minimum atomic E-state index is -4.73. The number of rotatable bonds is 6. The van der Waals surface area contributed by atoms with Gasteiger partial charge in [0.1, 0.15) is 10.7 Å². The van der Waals surface area contributed by atoms with Crippen molar-refractivity contribution in [3.8, 4) is 0 Å². The Morgan fingerprint density at radius 1 is 1.18 bits per heavy atom. The van der Waals surface area contributed by atoms with Gasteiger partial charge in [-0.25, -0.2) is 13.4 Å². The van der Waals surface area contributed by atoms with Gasteiger partial charge in [0.25, 0.3) is 0 Å². The highest BCUT2D eigenvalue weighted by Crippen LogP contribution is 2.38. The van der Waals surface area contributed by atoms with Crippen LogP contribution in [0.1, 0.15) is 65.5 Å². The topological polar surface area (TPSA) is 134 Å². The number of sulfonamides is 1. The maximum absolute atomic E-state index is 14.1. The van der Waals surface area contributed by atoms with E-state index in [4.69, 9.17) is 16.6 Å². The van der Waals surface area contributed by atoms with Crippen molar-refractivity contribution in [2.45, 2.75) is 69.1 Å². The molecule has 0 spiro atoms. The van der Waals surface area contributed by atoms with Gasteiger partial charge in [-0.05, 0) is 68.0 Å². The molecular weight excluding hydrogens is 635 g/mol. The lowest BCUT2D eigenvalue weighted by Gasteiger charge is -2.36. The molecule has 1 saturated heterocycles. The summed E-state index contributed by atoms with van der Waals surface area (Å²) in [7, 11) is -4.06. The molecule has 0 unspecified atom stereocenters. The first-order chi connectivity index (χ1) is 21.3. The highest BCUT2D eigenvalue weighted by atomic mass is 35.5. The van der Waals surface area contributed by atoms with Gasteiger partial charge in [-0.1, -0.05) is 17.7 Å². The summed E-state index contributed by atoms with van der Waals surface area (Å²) in [4.78, 5) is 23.3. The van der Waals surface area contributed by atoms with E-state index in [1.807, 2.05) is 4.90 Å². The summed E-state index contributed by atoms with van der Waals surface area (Å²) in [6.45, 7) is 4.12. The van der Waals surface area contributed by atoms with Crippen LogP contribution in [0, 0.1) is 13.8 Å². The van der Waals surface area contributed by atoms with Crippen LogP contribution < -0.4 is 4.90 Å². The third-order valence-corrected chi connectivity index (χ3v) is 10.5. The molecule has 0 radical (unpaired) electrons. The first-order valence-electron chi connectivity index (χ1n) is 14.3. The lowest BCUT2D eigenvalue weighted by atomic mass is 9.89. The monoisotopic (exact) mass is 663 g/mol. The largest absolute Gasteiger partial charge is 0.481 e. The first kappa shape index (κ1) is 31.2. The summed E-state index contributed by atoms with van der Waals surface area (Å²) >= 11 is 6.20. The fourth-order valence-corrected chi connectivity index (χ4v) is 8.07. The van der Waals surface area contributed by atoms with Gasteiger partial charge in [-0.2, -0.15) is 17.5 Å². The van der Waals surface area contributed by atoms with E-state index in [0.717, 1.165) is 23.7 Å². The molecule has 0 saturated carbocycles. The third kappa shape index (κ3) is 5.72. The smallest absolute Gasteiger partial charge is 0.452 e. The van der Waals surface area contributed by atoms with Gasteiger partial charge in [-0.3, -0.25) is 14.2 Å². The number of aromatic nitrogens is 5. The van der Waals surface area contributed by atoms with E-state index in [2.05, 4.69) is 15.2 Å². The summed E-state index contributed by atoms with van der Waals surface area (Å²) < 4.78 is 70.7. The highest BCUT2D eigenvalue weighted by Gasteiger charge is 2.40. The summed E-state index contributed by atoms with van der Waals surface area (Å²) in [5, 5.41) is 17.0. The SMILES string of the molecule is Cc1ccc([C@@H](CC(=O)O)c2ccn3c(C(F)(F)F)nnc3c2C)nc1CN1C[C@@H]2CCCCN2c2ncc(Cl)cc2S1(=O)=O. The number of aliphatic carboxylic acids is 1. The molecule has 0 aromatic carbocycles. The fourth-order valence-electron chi connectivity index (χ4n) is 6.24. The molecule has 0 amide bonds. The quantitative estimate of drug-likeness (QED) is 0.303. The number of anilines is 1. The van der Waals surface area contributed by atoms with Crippen molar-refractivity contribution in [1.82, 2.24) is 28.9 Å². The second-order valence-corrected chi connectivity index (χ2v) is 13.7. The number of aryl methyl sites for hydroxylation is 2. The lowest BCUT2D eigenvalue weighted by molar-refractivity contribution is -0.145. The minimum absolute atomic E-state index is 0.0208. The average molecular weight is 664 g/mol. The number of halogens is 4. The number of carboxylic acids is 1. The van der Waals surface area contributed by atoms with E-state index >= 15 is 0 Å². The summed E-state index contributed by atoms with van der Waals surface area (Å²) in [5.41, 5.74) is 2.13. The standard InChI is InChI=1S/C29H29ClF3N7O4S/c1-16-6-7-22(21(12-25(41)42)20-8-10-40-26(17(20)2)36-37-28(40)29(31,32)33)35-23(16)15-38-14-19-5-3-4-9-39(19)27-24(45(38,43)44)11-18(30)13-34-27/h6-8,10-11,13,19,21H,3-5,9,12,14-15H2,1-2H3,(H,41,42)/t19-,21-/m0/s1. The number of alkyl halides is 3. The van der Waals surface area contributed by atoms with E-state index in [-0.39, 0.29) is 34.7 Å². The average Bonchev–Trinajstić information content (AvgIpc) is 3.40. The fraction of sp³-hybridized carbons (Fsp3) is 0.414. The molecule has 0 bridgehead atoms. The van der Waals surface area contributed by atoms with Crippen LogP contribution in [0.15, 0.2) is 41.6 Å². The first-order valence-corrected chi connectivity index (χ1v) is 16.1. The van der Waals surface area contributed by atoms with Gasteiger partial charge in [0.05, 0.1) is 23.7 Å². The molecule has 6 rings (SSSR count). The van der Waals surface area contributed by atoms with Crippen molar-refractivity contribution in [2.75, 3.05) is 18.0 Å². The Hall–Kier alpha value is -3.82. The molecular formula is C29H29ClF3N7O4S. The predicted octanol–water partition coefficient (Wildman–Crippen LogP) is 4.98. The zero-order valence-electron chi connectivity index (χ0n) is 24.3. The molecule has 2 aliphatic heterocycles. The zero-order chi connectivity index (χ0) is 32.3. The number of hydrogen-bond acceptors (Lipinski definition) is 8. The van der Waals surface area contributed by atoms with Crippen molar-refractivity contribution in [3.05, 3.63) is 75.6 Å². The second-order valence-electron chi connectivity index (χ2n) is 11.4. The lowest BCUT2D eigenvalue weighted by Crippen LogP contribution is -2.45. The molecule has 16 heteroatoms. The van der Waals surface area contributed by atoms with Gasteiger partial charge in [0, 0.05) is 43.1 Å². The van der Waals surface area contributed by atoms with Gasteiger partial charge < -0.3 is 10.0 Å². The minimum Gasteiger partial charge on any atom is -0.481 e. The van der Waals surface area contributed by atoms with Crippen molar-refractivity contribution in [1.29, 1.82) is 0 Å². The molecule has 4 aromatic rings. The molecule has 11 nitrogen and oxygen atoms in total. The molecule has 238 valence electrons. The van der Waals surface area contributed by atoms with E-state index in [1.54, 1.807) is 26.0 Å². The molecule has 4 aromatic heterocycles. The van der Waals surface area contributed by atoms with Crippen LogP contribution >= 0.6 is 11.6 Å². The van der Waals surface area contributed by atoms with Crippen molar-refractivity contribution in [2.24, 2.45) is 0 Å². The Balaban J connectivity index is 1.41. The van der Waals surface area contributed by atoms with Crippen LogP contribution in [0.25, 0.3) is 5.65 Å². The van der Waals surface area contributed by atoms with Crippen LogP contribution in [0.3, 0.4) is 0 Å². The second kappa shape index (κ2) is 11.5. The third-order valence-electron chi connectivity index (χ3n) is 8.51. The van der Waals surface area contributed by atoms with Gasteiger partial charge in [-0.15, -0.1) is 10.2 Å². The van der Waals surface area contributed by atoms with Crippen LogP contribution in [0.2, 0.25) is 5.02 Å². The van der Waals surface area contributed by atoms with Crippen molar-refractivity contribution < 1.29 is 31.5 Å². The predicted molar refractivity (Wildman–Crippen MR) is 158 cm³/mol. The van der Waals surface area contributed by atoms with Crippen LogP contribution in [0.5, 0.6) is 0 Å². The normalized spacial score (nSPS) is 19.2. The Morgan fingerprint density at radius 2 is 1.96 bits per heavy atom. The van der Waals surface area contributed by atoms with Crippen molar-refractivity contribution in [3.63, 3.8) is 0 Å². The molecule has 2 aliphatic rings. The number of hydrogen-bond donors (Lipinski definition) is 1. The number of fused-ring (bicyclic) bond motifs is 4. The summed E-state index contributed by atoms with van der Waals surface area (Å²) in [5.74, 6) is -2.82. The van der Waals surface area contributed by atoms with Gasteiger partial charge in [0.2, 0.25) is 15.8 Å². The van der Waals surface area contributed by atoms with Crippen LogP contribution in [0.4, 0.5) is 19.0 Å². The highest BCUT2D eigenvalue weighted by molar-refractivity contribution is 7.89. The van der Waals surface area contributed by atoms with Crippen LogP contribution in [-0.2, 0) is 27.5 Å². The Kier molecular flexibility index (Phi) is 7.98. The molecule has 1 fully saturated rings. The number of pyridine rings is 3. The van der Waals surface area contributed by atoms with E-state index in [1.165, 1.54) is 28.8 Å². The summed E-state index contributed by atoms with van der Waals surface area (Å²) in [6, 6.07) is 6.12. The van der Waals surface area contributed by atoms with E-state index in [0.29, 0.717) is 40.4 Å². The Bertz CT molecular complexity index is 1920. The molecule has 45 heavy (non-hydrogen) atoms. The number of carboxylic acid groups (broad SMARTS) is 1. The number of piperidine rings is 1. The molecule has 0 aliphatic carbocycles. The Labute approximate surface area is 261 Å². The number of nitrogens with zero attached hydrogens (tertiary/aromatic N) is 7. The summed E-state index contributed by atoms with van der Waals surface area (Å²) in [6.07, 6.45) is 0.101. The maximum Gasteiger partial charge on any atom is 0.452 e. The Morgan fingerprint density at radius 3 is 2.69 bits per heavy atom. The van der Waals surface area contributed by atoms with E-state index < -0.39 is 40.3 Å². The molecule has 1 N–H and O–H groups in total. The van der Waals surface area contributed by atoms with E-state index in [9.17, 15) is 31.5 Å². The van der Waals surface area contributed by atoms with Gasteiger partial charge in [0.15, 0.2) is 5.65 Å². The van der Waals surface area contributed by atoms with Crippen LogP contribution in [-0.4, -0.2) is 67.5 Å². The zero-order valence-corrected chi connectivity index (χ0v) is 25.9. The molecule has 2 atom stereocenters. The van der Waals surface area contributed by atoms with Gasteiger partial charge >= 0.3 is 12.1 Å². The van der Waals surface area contributed by atoms with Crippen molar-refractivity contribution >= 4 is 39.1 Å². The maximum atomic E-state index is 14.1. The molecule has 6 heterocycles.